The largest absolute Gasteiger partial charge is 0.491 e. The first-order chi connectivity index (χ1) is 14.0. The van der Waals surface area contributed by atoms with Crippen molar-refractivity contribution in [3.63, 3.8) is 0 Å². The third-order valence-corrected chi connectivity index (χ3v) is 5.05. The molecule has 0 saturated heterocycles. The van der Waals surface area contributed by atoms with Gasteiger partial charge in [0, 0.05) is 25.2 Å². The maximum atomic E-state index is 11.3. The van der Waals surface area contributed by atoms with Gasteiger partial charge in [0.1, 0.15) is 30.3 Å². The van der Waals surface area contributed by atoms with E-state index in [-0.39, 0.29) is 18.5 Å². The average molecular weight is 399 g/mol. The summed E-state index contributed by atoms with van der Waals surface area (Å²) in [5.74, 6) is 1.58. The summed E-state index contributed by atoms with van der Waals surface area (Å²) in [4.78, 5) is 15.7. The maximum absolute atomic E-state index is 11.3. The fourth-order valence-corrected chi connectivity index (χ4v) is 3.59. The predicted molar refractivity (Wildman–Crippen MR) is 114 cm³/mol. The average Bonchev–Trinajstić information content (AvgIpc) is 2.71. The smallest absolute Gasteiger partial charge is 0.159 e. The Kier molecular flexibility index (Phi) is 7.12. The number of ether oxygens (including phenoxy) is 2. The minimum absolute atomic E-state index is 0.0207. The molecule has 1 aliphatic heterocycles. The molecule has 2 atom stereocenters. The van der Waals surface area contributed by atoms with Crippen molar-refractivity contribution >= 4 is 11.5 Å². The minimum Gasteiger partial charge on any atom is -0.491 e. The Morgan fingerprint density at radius 2 is 2.00 bits per heavy atom. The molecular weight excluding hydrogens is 368 g/mol. The van der Waals surface area contributed by atoms with Crippen molar-refractivity contribution < 1.29 is 19.4 Å². The Labute approximate surface area is 172 Å². The van der Waals surface area contributed by atoms with Gasteiger partial charge < -0.3 is 19.5 Å². The van der Waals surface area contributed by atoms with Crippen LogP contribution < -0.4 is 14.4 Å². The third kappa shape index (κ3) is 5.71. The molecule has 6 nitrogen and oxygen atoms in total. The van der Waals surface area contributed by atoms with Gasteiger partial charge in [0.2, 0.25) is 0 Å². The van der Waals surface area contributed by atoms with E-state index < -0.39 is 6.10 Å². The van der Waals surface area contributed by atoms with E-state index in [0.29, 0.717) is 17.9 Å². The Balaban J connectivity index is 1.46. The van der Waals surface area contributed by atoms with E-state index in [2.05, 4.69) is 22.8 Å². The molecule has 0 fully saturated rings. The van der Waals surface area contributed by atoms with E-state index in [9.17, 15) is 9.90 Å². The Hall–Kier alpha value is -2.57. The quantitative estimate of drug-likeness (QED) is 0.656. The molecule has 1 N–H and O–H groups in total. The van der Waals surface area contributed by atoms with Crippen molar-refractivity contribution in [1.29, 1.82) is 0 Å². The summed E-state index contributed by atoms with van der Waals surface area (Å²) in [6, 6.07) is 15.1. The Morgan fingerprint density at radius 1 is 1.28 bits per heavy atom. The monoisotopic (exact) mass is 398 g/mol. The first kappa shape index (κ1) is 21.1. The topological polar surface area (TPSA) is 62.2 Å². The lowest BCUT2D eigenvalue weighted by Gasteiger charge is -2.37. The van der Waals surface area contributed by atoms with Crippen LogP contribution in [0.1, 0.15) is 24.2 Å². The zero-order chi connectivity index (χ0) is 20.8. The van der Waals surface area contributed by atoms with Crippen LogP contribution >= 0.6 is 0 Å². The van der Waals surface area contributed by atoms with Crippen LogP contribution in [0.2, 0.25) is 0 Å². The van der Waals surface area contributed by atoms with Crippen molar-refractivity contribution in [3.05, 3.63) is 54.1 Å². The lowest BCUT2D eigenvalue weighted by Crippen LogP contribution is -2.47. The van der Waals surface area contributed by atoms with Crippen LogP contribution in [-0.2, 0) is 0 Å². The number of likely N-dealkylation sites (N-methyl/N-ethyl adjacent to an activating group) is 2. The first-order valence-corrected chi connectivity index (χ1v) is 10.1. The lowest BCUT2D eigenvalue weighted by molar-refractivity contribution is 0.0606. The van der Waals surface area contributed by atoms with Crippen molar-refractivity contribution in [3.8, 4) is 11.5 Å². The fourth-order valence-electron chi connectivity index (χ4n) is 3.59. The van der Waals surface area contributed by atoms with Gasteiger partial charge in [-0.05, 0) is 57.3 Å². The Bertz CT molecular complexity index is 809. The molecule has 0 saturated carbocycles. The highest BCUT2D eigenvalue weighted by Crippen LogP contribution is 2.32. The third-order valence-electron chi connectivity index (χ3n) is 5.05. The molecule has 2 aromatic carbocycles. The highest BCUT2D eigenvalue weighted by atomic mass is 16.5. The number of rotatable bonds is 9. The SMILES string of the molecule is CCN1C[C@H](CN(C)C[C@@H](O)COc2ccc(C(C)=O)cc2)Oc2ccccc21. The standard InChI is InChI=1S/C23H30N2O4/c1-4-25-15-21(29-23-8-6-5-7-22(23)25)14-24(3)13-19(27)16-28-20-11-9-18(10-12-20)17(2)26/h5-12,19,21,27H,4,13-16H2,1-3H3/t19-,21+/m1/s1. The molecule has 3 rings (SSSR count). The normalized spacial score (nSPS) is 16.9. The number of aliphatic hydroxyl groups is 1. The van der Waals surface area contributed by atoms with E-state index in [1.54, 1.807) is 24.3 Å². The molecule has 1 aliphatic rings. The first-order valence-electron chi connectivity index (χ1n) is 10.1. The summed E-state index contributed by atoms with van der Waals surface area (Å²) >= 11 is 0. The number of anilines is 1. The van der Waals surface area contributed by atoms with Crippen LogP contribution in [0.15, 0.2) is 48.5 Å². The molecule has 2 aromatic rings. The van der Waals surface area contributed by atoms with Crippen LogP contribution in [0.25, 0.3) is 0 Å². The summed E-state index contributed by atoms with van der Waals surface area (Å²) in [7, 11) is 1.98. The minimum atomic E-state index is -0.620. The molecule has 0 radical (unpaired) electrons. The number of aliphatic hydroxyl groups excluding tert-OH is 1. The summed E-state index contributed by atoms with van der Waals surface area (Å²) in [5.41, 5.74) is 1.78. The van der Waals surface area contributed by atoms with Crippen molar-refractivity contribution in [1.82, 2.24) is 4.90 Å². The summed E-state index contributed by atoms with van der Waals surface area (Å²) in [6.07, 6.45) is -0.576. The van der Waals surface area contributed by atoms with Crippen LogP contribution in [0.4, 0.5) is 5.69 Å². The number of ketones is 1. The number of hydrogen-bond acceptors (Lipinski definition) is 6. The van der Waals surface area contributed by atoms with Crippen LogP contribution in [0, 0.1) is 0 Å². The van der Waals surface area contributed by atoms with Crippen molar-refractivity contribution in [2.45, 2.75) is 26.1 Å². The summed E-state index contributed by atoms with van der Waals surface area (Å²) < 4.78 is 11.8. The number of fused-ring (bicyclic) bond motifs is 1. The molecular formula is C23H30N2O4. The van der Waals surface area contributed by atoms with Crippen molar-refractivity contribution in [2.75, 3.05) is 44.7 Å². The second kappa shape index (κ2) is 9.76. The van der Waals surface area contributed by atoms with Gasteiger partial charge in [-0.1, -0.05) is 12.1 Å². The number of carbonyl (C=O) groups excluding carboxylic acids is 1. The van der Waals surface area contributed by atoms with E-state index in [1.165, 1.54) is 6.92 Å². The molecule has 0 aromatic heterocycles. The van der Waals surface area contributed by atoms with E-state index in [4.69, 9.17) is 9.47 Å². The summed E-state index contributed by atoms with van der Waals surface area (Å²) in [6.45, 7) is 6.83. The number of benzene rings is 2. The van der Waals surface area contributed by atoms with Gasteiger partial charge in [0.15, 0.2) is 5.78 Å². The van der Waals surface area contributed by atoms with Gasteiger partial charge >= 0.3 is 0 Å². The zero-order valence-corrected chi connectivity index (χ0v) is 17.4. The number of carbonyl (C=O) groups is 1. The van der Waals surface area contributed by atoms with Gasteiger partial charge in [-0.2, -0.15) is 0 Å². The molecule has 0 spiro atoms. The highest BCUT2D eigenvalue weighted by molar-refractivity contribution is 5.94. The molecule has 6 heteroatoms. The van der Waals surface area contributed by atoms with Gasteiger partial charge in [-0.3, -0.25) is 9.69 Å². The Morgan fingerprint density at radius 3 is 2.69 bits per heavy atom. The molecule has 156 valence electrons. The number of para-hydroxylation sites is 2. The maximum Gasteiger partial charge on any atom is 0.159 e. The van der Waals surface area contributed by atoms with Gasteiger partial charge in [-0.25, -0.2) is 0 Å². The van der Waals surface area contributed by atoms with Gasteiger partial charge in [0.05, 0.1) is 12.2 Å². The van der Waals surface area contributed by atoms with E-state index in [1.807, 2.05) is 25.2 Å². The van der Waals surface area contributed by atoms with Crippen LogP contribution in [0.5, 0.6) is 11.5 Å². The number of nitrogens with zero attached hydrogens (tertiary/aromatic N) is 2. The number of hydrogen-bond donors (Lipinski definition) is 1. The molecule has 0 aliphatic carbocycles. The van der Waals surface area contributed by atoms with Gasteiger partial charge in [-0.15, -0.1) is 0 Å². The zero-order valence-electron chi connectivity index (χ0n) is 17.4. The fraction of sp³-hybridized carbons (Fsp3) is 0.435. The second-order valence-electron chi connectivity index (χ2n) is 7.51. The van der Waals surface area contributed by atoms with Gasteiger partial charge in [0.25, 0.3) is 0 Å². The molecule has 0 bridgehead atoms. The van der Waals surface area contributed by atoms with E-state index >= 15 is 0 Å². The van der Waals surface area contributed by atoms with Crippen LogP contribution in [0.3, 0.4) is 0 Å². The molecule has 29 heavy (non-hydrogen) atoms. The van der Waals surface area contributed by atoms with Crippen molar-refractivity contribution in [2.24, 2.45) is 0 Å². The molecule has 1 heterocycles. The summed E-state index contributed by atoms with van der Waals surface area (Å²) in [5, 5.41) is 10.3. The second-order valence-corrected chi connectivity index (χ2v) is 7.51. The van der Waals surface area contributed by atoms with Crippen LogP contribution in [-0.4, -0.2) is 67.8 Å². The molecule has 0 amide bonds. The highest BCUT2D eigenvalue weighted by Gasteiger charge is 2.25. The van der Waals surface area contributed by atoms with E-state index in [0.717, 1.165) is 31.1 Å². The molecule has 0 unspecified atom stereocenters. The number of Topliss-reactive ketones (excluding diaryl/α,β-unsaturated/α-hetero) is 1. The lowest BCUT2D eigenvalue weighted by atomic mass is 10.1. The predicted octanol–water partition coefficient (Wildman–Crippen LogP) is 2.85.